The SMILES string of the molecule is CCCNC(=O)CN1CCC(NC(=NCCCc2ccc(O)cc2)NCC)CC1.I. The second kappa shape index (κ2) is 15.3. The summed E-state index contributed by atoms with van der Waals surface area (Å²) < 4.78 is 0. The van der Waals surface area contributed by atoms with E-state index in [2.05, 4.69) is 34.7 Å². The normalized spacial score (nSPS) is 15.3. The summed E-state index contributed by atoms with van der Waals surface area (Å²) in [4.78, 5) is 18.8. The van der Waals surface area contributed by atoms with E-state index in [1.54, 1.807) is 12.1 Å². The zero-order chi connectivity index (χ0) is 20.9. The van der Waals surface area contributed by atoms with Gasteiger partial charge in [0.1, 0.15) is 5.75 Å². The highest BCUT2D eigenvalue weighted by Gasteiger charge is 2.21. The lowest BCUT2D eigenvalue weighted by Gasteiger charge is -2.32. The van der Waals surface area contributed by atoms with Crippen LogP contribution in [0.15, 0.2) is 29.3 Å². The molecule has 1 heterocycles. The molecule has 0 radical (unpaired) electrons. The first-order chi connectivity index (χ1) is 14.1. The predicted molar refractivity (Wildman–Crippen MR) is 134 cm³/mol. The quantitative estimate of drug-likeness (QED) is 0.161. The maximum absolute atomic E-state index is 11.9. The zero-order valence-electron chi connectivity index (χ0n) is 18.3. The number of guanidine groups is 1. The van der Waals surface area contributed by atoms with E-state index in [-0.39, 0.29) is 29.9 Å². The van der Waals surface area contributed by atoms with E-state index in [0.29, 0.717) is 18.3 Å². The van der Waals surface area contributed by atoms with Crippen molar-refractivity contribution >= 4 is 35.8 Å². The Balaban J connectivity index is 0.00000450. The Morgan fingerprint density at radius 2 is 1.87 bits per heavy atom. The van der Waals surface area contributed by atoms with Crippen LogP contribution in [-0.2, 0) is 11.2 Å². The number of hydrogen-bond donors (Lipinski definition) is 4. The number of aromatic hydroxyl groups is 1. The topological polar surface area (TPSA) is 89.0 Å². The number of rotatable bonds is 10. The Morgan fingerprint density at radius 3 is 2.50 bits per heavy atom. The maximum atomic E-state index is 11.9. The molecule has 0 atom stereocenters. The molecule has 30 heavy (non-hydrogen) atoms. The molecular weight excluding hydrogens is 493 g/mol. The van der Waals surface area contributed by atoms with Crippen LogP contribution in [0.2, 0.25) is 0 Å². The summed E-state index contributed by atoms with van der Waals surface area (Å²) in [5.41, 5.74) is 1.21. The van der Waals surface area contributed by atoms with Crippen LogP contribution in [0.3, 0.4) is 0 Å². The highest BCUT2D eigenvalue weighted by molar-refractivity contribution is 14.0. The fourth-order valence-electron chi connectivity index (χ4n) is 3.41. The minimum Gasteiger partial charge on any atom is -0.508 e. The number of hydrogen-bond acceptors (Lipinski definition) is 4. The summed E-state index contributed by atoms with van der Waals surface area (Å²) in [5, 5.41) is 19.2. The van der Waals surface area contributed by atoms with E-state index in [1.807, 2.05) is 12.1 Å². The number of nitrogens with one attached hydrogen (secondary N) is 3. The lowest BCUT2D eigenvalue weighted by Crippen LogP contribution is -2.50. The predicted octanol–water partition coefficient (Wildman–Crippen LogP) is 2.49. The van der Waals surface area contributed by atoms with Gasteiger partial charge >= 0.3 is 0 Å². The summed E-state index contributed by atoms with van der Waals surface area (Å²) in [6.45, 7) is 8.84. The van der Waals surface area contributed by atoms with Gasteiger partial charge in [-0.3, -0.25) is 14.7 Å². The Hall–Kier alpha value is -1.55. The molecule has 7 nitrogen and oxygen atoms in total. The first-order valence-corrected chi connectivity index (χ1v) is 10.9. The maximum Gasteiger partial charge on any atom is 0.234 e. The third kappa shape index (κ3) is 10.5. The number of amides is 1. The van der Waals surface area contributed by atoms with Crippen LogP contribution in [0.5, 0.6) is 5.75 Å². The van der Waals surface area contributed by atoms with Gasteiger partial charge in [0.2, 0.25) is 5.91 Å². The molecule has 0 unspecified atom stereocenters. The number of phenolic OH excluding ortho intramolecular Hbond substituents is 1. The van der Waals surface area contributed by atoms with Gasteiger partial charge in [-0.05, 0) is 56.7 Å². The first-order valence-electron chi connectivity index (χ1n) is 10.9. The monoisotopic (exact) mass is 531 g/mol. The van der Waals surface area contributed by atoms with E-state index in [9.17, 15) is 9.90 Å². The van der Waals surface area contributed by atoms with E-state index < -0.39 is 0 Å². The molecule has 1 aliphatic heterocycles. The van der Waals surface area contributed by atoms with Gasteiger partial charge in [0.05, 0.1) is 6.54 Å². The summed E-state index contributed by atoms with van der Waals surface area (Å²) in [6, 6.07) is 7.76. The Bertz CT molecular complexity index is 631. The van der Waals surface area contributed by atoms with Crippen molar-refractivity contribution in [1.82, 2.24) is 20.9 Å². The number of halogens is 1. The van der Waals surface area contributed by atoms with Crippen LogP contribution < -0.4 is 16.0 Å². The molecule has 2 rings (SSSR count). The first kappa shape index (κ1) is 26.5. The van der Waals surface area contributed by atoms with Crippen LogP contribution in [0, 0.1) is 0 Å². The van der Waals surface area contributed by atoms with E-state index in [0.717, 1.165) is 70.8 Å². The molecule has 0 aromatic heterocycles. The smallest absolute Gasteiger partial charge is 0.234 e. The van der Waals surface area contributed by atoms with Crippen molar-refractivity contribution < 1.29 is 9.90 Å². The molecule has 4 N–H and O–H groups in total. The number of nitrogens with zero attached hydrogens (tertiary/aromatic N) is 2. The molecule has 1 aromatic rings. The Labute approximate surface area is 198 Å². The van der Waals surface area contributed by atoms with Gasteiger partial charge < -0.3 is 21.1 Å². The number of aryl methyl sites for hydroxylation is 1. The van der Waals surface area contributed by atoms with Crippen molar-refractivity contribution in [2.45, 2.75) is 52.0 Å². The number of carbonyl (C=O) groups is 1. The number of likely N-dealkylation sites (tertiary alicyclic amines) is 1. The Morgan fingerprint density at radius 1 is 1.17 bits per heavy atom. The molecular formula is C22H38IN5O2. The third-order valence-electron chi connectivity index (χ3n) is 5.04. The minimum atomic E-state index is 0. The number of carbonyl (C=O) groups excluding carboxylic acids is 1. The highest BCUT2D eigenvalue weighted by atomic mass is 127. The summed E-state index contributed by atoms with van der Waals surface area (Å²) in [7, 11) is 0. The molecule has 1 fully saturated rings. The van der Waals surface area contributed by atoms with Gasteiger partial charge in [-0.25, -0.2) is 0 Å². The summed E-state index contributed by atoms with van der Waals surface area (Å²) in [6.07, 6.45) is 4.91. The molecule has 0 bridgehead atoms. The van der Waals surface area contributed by atoms with Crippen molar-refractivity contribution in [2.24, 2.45) is 4.99 Å². The second-order valence-electron chi connectivity index (χ2n) is 7.58. The summed E-state index contributed by atoms with van der Waals surface area (Å²) >= 11 is 0. The standard InChI is InChI=1S/C22H37N5O2.HI/c1-3-13-24-21(29)17-27-15-11-19(12-16-27)26-22(23-4-2)25-14-5-6-18-7-9-20(28)10-8-18;/h7-10,19,28H,3-6,11-17H2,1-2H3,(H,24,29)(H2,23,25,26);1H. The zero-order valence-corrected chi connectivity index (χ0v) is 20.7. The fraction of sp³-hybridized carbons (Fsp3) is 0.636. The minimum absolute atomic E-state index is 0. The van der Waals surface area contributed by atoms with Crippen LogP contribution >= 0.6 is 24.0 Å². The van der Waals surface area contributed by atoms with Gasteiger partial charge in [-0.15, -0.1) is 24.0 Å². The molecule has 0 spiro atoms. The molecule has 1 saturated heterocycles. The molecule has 8 heteroatoms. The van der Waals surface area contributed by atoms with Crippen molar-refractivity contribution in [3.05, 3.63) is 29.8 Å². The molecule has 170 valence electrons. The van der Waals surface area contributed by atoms with Crippen LogP contribution in [0.25, 0.3) is 0 Å². The average Bonchev–Trinajstić information content (AvgIpc) is 2.72. The van der Waals surface area contributed by atoms with Gasteiger partial charge in [-0.1, -0.05) is 19.1 Å². The van der Waals surface area contributed by atoms with Gasteiger partial charge in [-0.2, -0.15) is 0 Å². The molecule has 0 saturated carbocycles. The highest BCUT2D eigenvalue weighted by Crippen LogP contribution is 2.12. The number of aliphatic imine (C=N–C) groups is 1. The van der Waals surface area contributed by atoms with Crippen LogP contribution in [0.4, 0.5) is 0 Å². The van der Waals surface area contributed by atoms with Crippen molar-refractivity contribution in [3.63, 3.8) is 0 Å². The molecule has 1 amide bonds. The van der Waals surface area contributed by atoms with Crippen LogP contribution in [-0.4, -0.2) is 67.2 Å². The largest absolute Gasteiger partial charge is 0.508 e. The van der Waals surface area contributed by atoms with E-state index >= 15 is 0 Å². The fourth-order valence-corrected chi connectivity index (χ4v) is 3.41. The third-order valence-corrected chi connectivity index (χ3v) is 5.04. The lowest BCUT2D eigenvalue weighted by atomic mass is 10.1. The molecule has 1 aliphatic rings. The average molecular weight is 531 g/mol. The summed E-state index contributed by atoms with van der Waals surface area (Å²) in [5.74, 6) is 1.30. The second-order valence-corrected chi connectivity index (χ2v) is 7.58. The number of benzene rings is 1. The van der Waals surface area contributed by atoms with Crippen molar-refractivity contribution in [1.29, 1.82) is 0 Å². The van der Waals surface area contributed by atoms with E-state index in [4.69, 9.17) is 4.99 Å². The molecule has 1 aromatic carbocycles. The molecule has 0 aliphatic carbocycles. The number of piperidine rings is 1. The van der Waals surface area contributed by atoms with Gasteiger partial charge in [0.15, 0.2) is 5.96 Å². The number of phenols is 1. The lowest BCUT2D eigenvalue weighted by molar-refractivity contribution is -0.122. The van der Waals surface area contributed by atoms with Gasteiger partial charge in [0, 0.05) is 38.8 Å². The van der Waals surface area contributed by atoms with Crippen LogP contribution in [0.1, 0.15) is 45.1 Å². The van der Waals surface area contributed by atoms with Gasteiger partial charge in [0.25, 0.3) is 0 Å². The van der Waals surface area contributed by atoms with Crippen molar-refractivity contribution in [2.75, 3.05) is 39.3 Å². The van der Waals surface area contributed by atoms with Crippen molar-refractivity contribution in [3.8, 4) is 5.75 Å². The Kier molecular flexibility index (Phi) is 13.5. The van der Waals surface area contributed by atoms with E-state index in [1.165, 1.54) is 5.56 Å².